The van der Waals surface area contributed by atoms with E-state index in [1.54, 1.807) is 24.4 Å². The largest absolute Gasteiger partial charge is 0.377 e. The maximum atomic E-state index is 12.2. The van der Waals surface area contributed by atoms with Crippen molar-refractivity contribution in [3.05, 3.63) is 30.0 Å². The second-order valence-corrected chi connectivity index (χ2v) is 7.11. The van der Waals surface area contributed by atoms with Gasteiger partial charge in [-0.2, -0.15) is 5.10 Å². The molecule has 2 heterocycles. The Bertz CT molecular complexity index is 778. The van der Waals surface area contributed by atoms with Crippen LogP contribution in [0.4, 0.5) is 0 Å². The predicted molar refractivity (Wildman–Crippen MR) is 80.9 cm³/mol. The molecule has 1 amide bonds. The molecule has 1 aliphatic heterocycles. The highest BCUT2D eigenvalue weighted by Gasteiger charge is 2.24. The summed E-state index contributed by atoms with van der Waals surface area (Å²) in [5.74, 6) is -0.858. The van der Waals surface area contributed by atoms with Crippen LogP contribution in [-0.4, -0.2) is 43.0 Å². The number of sulfonamides is 1. The molecular weight excluding hydrogens is 306 g/mol. The summed E-state index contributed by atoms with van der Waals surface area (Å²) >= 11 is 0. The Balaban J connectivity index is 1.74. The quantitative estimate of drug-likeness (QED) is 0.880. The number of nitrogens with zero attached hydrogens (tertiary/aromatic N) is 1. The van der Waals surface area contributed by atoms with Gasteiger partial charge in [0.05, 0.1) is 29.1 Å². The number of ether oxygens (including phenoxy) is 1. The summed E-state index contributed by atoms with van der Waals surface area (Å²) in [4.78, 5) is 12.2. The van der Waals surface area contributed by atoms with Crippen LogP contribution in [0, 0.1) is 0 Å². The van der Waals surface area contributed by atoms with E-state index in [0.29, 0.717) is 18.5 Å². The zero-order valence-electron chi connectivity index (χ0n) is 11.9. The molecule has 1 aliphatic rings. The SMILES string of the molecule is O=C(NS(=O)(=O)C[C@@H]1CCCCO1)c1cccc2cn[nH]c12. The molecule has 118 valence electrons. The minimum Gasteiger partial charge on any atom is -0.377 e. The van der Waals surface area contributed by atoms with Crippen LogP contribution in [0.5, 0.6) is 0 Å². The van der Waals surface area contributed by atoms with Crippen LogP contribution in [0.3, 0.4) is 0 Å². The molecular formula is C14H17N3O4S. The fourth-order valence-electron chi connectivity index (χ4n) is 2.58. The number of nitrogens with one attached hydrogen (secondary N) is 2. The zero-order chi connectivity index (χ0) is 15.6. The number of aromatic amines is 1. The number of H-pyrrole nitrogens is 1. The molecule has 0 spiro atoms. The van der Waals surface area contributed by atoms with E-state index < -0.39 is 15.9 Å². The van der Waals surface area contributed by atoms with E-state index in [4.69, 9.17) is 4.74 Å². The van der Waals surface area contributed by atoms with Crippen LogP contribution in [0.25, 0.3) is 10.9 Å². The maximum Gasteiger partial charge on any atom is 0.266 e. The Morgan fingerprint density at radius 2 is 2.27 bits per heavy atom. The van der Waals surface area contributed by atoms with Gasteiger partial charge in [0.15, 0.2) is 0 Å². The number of hydrogen-bond acceptors (Lipinski definition) is 5. The number of carbonyl (C=O) groups excluding carboxylic acids is 1. The van der Waals surface area contributed by atoms with Gasteiger partial charge < -0.3 is 4.74 Å². The van der Waals surface area contributed by atoms with Crippen molar-refractivity contribution >= 4 is 26.8 Å². The summed E-state index contributed by atoms with van der Waals surface area (Å²) in [6.45, 7) is 0.571. The van der Waals surface area contributed by atoms with Gasteiger partial charge in [0.1, 0.15) is 0 Å². The molecule has 1 aromatic carbocycles. The molecule has 0 unspecified atom stereocenters. The molecule has 1 aromatic heterocycles. The number of hydrogen-bond donors (Lipinski definition) is 2. The highest BCUT2D eigenvalue weighted by Crippen LogP contribution is 2.17. The molecule has 8 heteroatoms. The van der Waals surface area contributed by atoms with Crippen molar-refractivity contribution in [2.75, 3.05) is 12.4 Å². The van der Waals surface area contributed by atoms with Crippen LogP contribution < -0.4 is 4.72 Å². The highest BCUT2D eigenvalue weighted by molar-refractivity contribution is 7.90. The van der Waals surface area contributed by atoms with E-state index >= 15 is 0 Å². The maximum absolute atomic E-state index is 12.2. The molecule has 2 N–H and O–H groups in total. The van der Waals surface area contributed by atoms with Crippen molar-refractivity contribution in [3.63, 3.8) is 0 Å². The monoisotopic (exact) mass is 323 g/mol. The third-order valence-corrected chi connectivity index (χ3v) is 4.96. The molecule has 1 atom stereocenters. The number of rotatable bonds is 4. The second-order valence-electron chi connectivity index (χ2n) is 5.34. The van der Waals surface area contributed by atoms with Gasteiger partial charge in [-0.1, -0.05) is 12.1 Å². The topological polar surface area (TPSA) is 101 Å². The first-order valence-electron chi connectivity index (χ1n) is 7.14. The molecule has 2 aromatic rings. The van der Waals surface area contributed by atoms with Gasteiger partial charge in [0.25, 0.3) is 5.91 Å². The highest BCUT2D eigenvalue weighted by atomic mass is 32.2. The lowest BCUT2D eigenvalue weighted by Crippen LogP contribution is -2.38. The molecule has 22 heavy (non-hydrogen) atoms. The van der Waals surface area contributed by atoms with Gasteiger partial charge in [-0.15, -0.1) is 0 Å². The molecule has 0 saturated carbocycles. The first-order valence-corrected chi connectivity index (χ1v) is 8.79. The molecule has 1 fully saturated rings. The molecule has 0 aliphatic carbocycles. The minimum atomic E-state index is -3.74. The van der Waals surface area contributed by atoms with Crippen molar-refractivity contribution in [2.24, 2.45) is 0 Å². The Morgan fingerprint density at radius 3 is 3.05 bits per heavy atom. The van der Waals surface area contributed by atoms with E-state index in [2.05, 4.69) is 14.9 Å². The van der Waals surface area contributed by atoms with Crippen molar-refractivity contribution in [1.29, 1.82) is 0 Å². The Morgan fingerprint density at radius 1 is 1.41 bits per heavy atom. The predicted octanol–water partition coefficient (Wildman–Crippen LogP) is 1.19. The number of amides is 1. The van der Waals surface area contributed by atoms with E-state index in [1.807, 2.05) is 0 Å². The molecule has 7 nitrogen and oxygen atoms in total. The number of carbonyl (C=O) groups is 1. The summed E-state index contributed by atoms with van der Waals surface area (Å²) in [5, 5.41) is 7.32. The average Bonchev–Trinajstić information content (AvgIpc) is 2.95. The number of fused-ring (bicyclic) bond motifs is 1. The van der Waals surface area contributed by atoms with Gasteiger partial charge in [0.2, 0.25) is 10.0 Å². The van der Waals surface area contributed by atoms with Gasteiger partial charge in [-0.25, -0.2) is 13.1 Å². The number of para-hydroxylation sites is 1. The first kappa shape index (κ1) is 15.0. The van der Waals surface area contributed by atoms with Crippen LogP contribution in [-0.2, 0) is 14.8 Å². The Hall–Kier alpha value is -1.93. The first-order chi connectivity index (χ1) is 10.6. The lowest BCUT2D eigenvalue weighted by atomic mass is 10.1. The molecule has 1 saturated heterocycles. The van der Waals surface area contributed by atoms with Gasteiger partial charge in [0, 0.05) is 12.0 Å². The van der Waals surface area contributed by atoms with Gasteiger partial charge in [-0.3, -0.25) is 9.89 Å². The average molecular weight is 323 g/mol. The van der Waals surface area contributed by atoms with Crippen molar-refractivity contribution in [2.45, 2.75) is 25.4 Å². The fraction of sp³-hybridized carbons (Fsp3) is 0.429. The van der Waals surface area contributed by atoms with Crippen LogP contribution >= 0.6 is 0 Å². The third kappa shape index (κ3) is 3.28. The van der Waals surface area contributed by atoms with Crippen LogP contribution in [0.1, 0.15) is 29.6 Å². The zero-order valence-corrected chi connectivity index (χ0v) is 12.7. The Kier molecular flexibility index (Phi) is 4.12. The fourth-order valence-corrected chi connectivity index (χ4v) is 3.81. The van der Waals surface area contributed by atoms with Crippen LogP contribution in [0.2, 0.25) is 0 Å². The van der Waals surface area contributed by atoms with E-state index in [-0.39, 0.29) is 17.4 Å². The number of aromatic nitrogens is 2. The normalized spacial score (nSPS) is 19.2. The van der Waals surface area contributed by atoms with Gasteiger partial charge >= 0.3 is 0 Å². The minimum absolute atomic E-state index is 0.197. The lowest BCUT2D eigenvalue weighted by molar-refractivity contribution is 0.0304. The van der Waals surface area contributed by atoms with Gasteiger partial charge in [-0.05, 0) is 25.3 Å². The van der Waals surface area contributed by atoms with E-state index in [1.165, 1.54) is 0 Å². The lowest BCUT2D eigenvalue weighted by Gasteiger charge is -2.22. The second kappa shape index (κ2) is 6.05. The summed E-state index contributed by atoms with van der Waals surface area (Å²) in [7, 11) is -3.74. The van der Waals surface area contributed by atoms with Crippen molar-refractivity contribution < 1.29 is 17.9 Å². The number of benzene rings is 1. The smallest absolute Gasteiger partial charge is 0.266 e. The summed E-state index contributed by atoms with van der Waals surface area (Å²) in [6, 6.07) is 5.03. The summed E-state index contributed by atoms with van der Waals surface area (Å²) < 4.78 is 31.8. The summed E-state index contributed by atoms with van der Waals surface area (Å²) in [6.07, 6.45) is 3.83. The Labute approximate surface area is 128 Å². The summed E-state index contributed by atoms with van der Waals surface area (Å²) in [5.41, 5.74) is 0.771. The van der Waals surface area contributed by atoms with E-state index in [9.17, 15) is 13.2 Å². The molecule has 3 rings (SSSR count). The third-order valence-electron chi connectivity index (χ3n) is 3.65. The van der Waals surface area contributed by atoms with E-state index in [0.717, 1.165) is 18.2 Å². The standard InChI is InChI=1S/C14H17N3O4S/c18-14(12-6-3-4-10-8-15-16-13(10)12)17-22(19,20)9-11-5-1-2-7-21-11/h3-4,6,8,11H,1-2,5,7,9H2,(H,15,16)(H,17,18)/t11-/m0/s1. The molecule has 0 bridgehead atoms. The molecule has 0 radical (unpaired) electrons. The van der Waals surface area contributed by atoms with Crippen LogP contribution in [0.15, 0.2) is 24.4 Å². The van der Waals surface area contributed by atoms with Crippen molar-refractivity contribution in [3.8, 4) is 0 Å². The van der Waals surface area contributed by atoms with Crippen molar-refractivity contribution in [1.82, 2.24) is 14.9 Å².